The van der Waals surface area contributed by atoms with E-state index in [9.17, 15) is 4.79 Å². The summed E-state index contributed by atoms with van der Waals surface area (Å²) in [6, 6.07) is 24.4. The first-order valence-corrected chi connectivity index (χ1v) is 11.0. The molecule has 1 aliphatic heterocycles. The summed E-state index contributed by atoms with van der Waals surface area (Å²) in [4.78, 5) is 14.2. The Bertz CT molecular complexity index is 1040. The first kappa shape index (κ1) is 23.6. The summed E-state index contributed by atoms with van der Waals surface area (Å²) in [5.74, 6) is 1.02. The third-order valence-corrected chi connectivity index (χ3v) is 5.63. The molecule has 0 aliphatic carbocycles. The highest BCUT2D eigenvalue weighted by Crippen LogP contribution is 2.29. The number of ether oxygens (including phenoxy) is 1. The number of carbonyl (C=O) groups excluding carboxylic acids is 1. The first-order valence-electron chi connectivity index (χ1n) is 11.0. The lowest BCUT2D eigenvalue weighted by Crippen LogP contribution is -2.63. The van der Waals surface area contributed by atoms with E-state index in [0.717, 1.165) is 36.6 Å². The molecule has 0 spiro atoms. The number of methoxy groups -OCH3 is 1. The van der Waals surface area contributed by atoms with E-state index in [2.05, 4.69) is 55.3 Å². The zero-order chi connectivity index (χ0) is 23.1. The van der Waals surface area contributed by atoms with Crippen LogP contribution in [0.3, 0.4) is 0 Å². The van der Waals surface area contributed by atoms with E-state index in [1.807, 2.05) is 48.5 Å². The van der Waals surface area contributed by atoms with E-state index >= 15 is 0 Å². The van der Waals surface area contributed by atoms with Gasteiger partial charge in [0.2, 0.25) is 0 Å². The Balaban J connectivity index is 0.000000269. The first-order chi connectivity index (χ1) is 15.3. The molecule has 0 atom stereocenters. The molecule has 168 valence electrons. The van der Waals surface area contributed by atoms with Crippen molar-refractivity contribution in [2.24, 2.45) is 0 Å². The lowest BCUT2D eigenvalue weighted by atomic mass is 9.90. The Hall–Kier alpha value is -3.11. The van der Waals surface area contributed by atoms with E-state index in [1.165, 1.54) is 16.7 Å². The van der Waals surface area contributed by atoms with Gasteiger partial charge in [-0.3, -0.25) is 9.69 Å². The number of ketones is 1. The lowest BCUT2D eigenvalue weighted by Gasteiger charge is -2.49. The highest BCUT2D eigenvalue weighted by atomic mass is 16.5. The molecular formula is C28H34N2O2. The van der Waals surface area contributed by atoms with Crippen LogP contribution in [0.4, 0.5) is 5.69 Å². The van der Waals surface area contributed by atoms with Gasteiger partial charge >= 0.3 is 0 Å². The lowest BCUT2D eigenvalue weighted by molar-refractivity contribution is 0.0903. The standard InChI is InChI=1S/C20H24N2O.C8H10O/c1-15-7-6-8-17(11-15)12-22-13-20(3,14-22)21-19-10-5-4-9-18(19)16(2)23;1-7-3-5-8(9-2)6-4-7/h4-11,21H,12-14H2,1-3H3;3-6H,1-2H3. The Morgan fingerprint density at radius 1 is 0.969 bits per heavy atom. The van der Waals surface area contributed by atoms with Crippen LogP contribution in [-0.4, -0.2) is 36.4 Å². The highest BCUT2D eigenvalue weighted by molar-refractivity contribution is 5.99. The monoisotopic (exact) mass is 430 g/mol. The van der Waals surface area contributed by atoms with Crippen molar-refractivity contribution in [1.82, 2.24) is 4.90 Å². The van der Waals surface area contributed by atoms with Gasteiger partial charge in [-0.05, 0) is 57.5 Å². The summed E-state index contributed by atoms with van der Waals surface area (Å²) in [5.41, 5.74) is 5.66. The molecule has 1 aliphatic rings. The van der Waals surface area contributed by atoms with Crippen molar-refractivity contribution in [3.63, 3.8) is 0 Å². The second-order valence-electron chi connectivity index (χ2n) is 8.94. The number of Topliss-reactive ketones (excluding diaryl/α,β-unsaturated/α-hetero) is 1. The van der Waals surface area contributed by atoms with Crippen molar-refractivity contribution in [3.05, 3.63) is 95.1 Å². The number of nitrogens with zero attached hydrogens (tertiary/aromatic N) is 1. The van der Waals surface area contributed by atoms with Crippen molar-refractivity contribution >= 4 is 11.5 Å². The number of benzene rings is 3. The van der Waals surface area contributed by atoms with Gasteiger partial charge in [-0.2, -0.15) is 0 Å². The van der Waals surface area contributed by atoms with Crippen LogP contribution < -0.4 is 10.1 Å². The molecule has 0 bridgehead atoms. The van der Waals surface area contributed by atoms with Crippen molar-refractivity contribution in [1.29, 1.82) is 0 Å². The van der Waals surface area contributed by atoms with Crippen molar-refractivity contribution < 1.29 is 9.53 Å². The minimum Gasteiger partial charge on any atom is -0.497 e. The van der Waals surface area contributed by atoms with Crippen LogP contribution in [0.1, 0.15) is 40.9 Å². The predicted octanol–water partition coefficient (Wildman–Crippen LogP) is 5.89. The second kappa shape index (κ2) is 10.5. The largest absolute Gasteiger partial charge is 0.497 e. The van der Waals surface area contributed by atoms with E-state index in [4.69, 9.17) is 4.74 Å². The van der Waals surface area contributed by atoms with Crippen molar-refractivity contribution in [3.8, 4) is 5.75 Å². The van der Waals surface area contributed by atoms with Gasteiger partial charge in [-0.1, -0.05) is 59.7 Å². The third kappa shape index (κ3) is 6.44. The number of hydrogen-bond acceptors (Lipinski definition) is 4. The minimum atomic E-state index is 0.0232. The molecule has 4 nitrogen and oxygen atoms in total. The van der Waals surface area contributed by atoms with E-state index in [0.29, 0.717) is 0 Å². The van der Waals surface area contributed by atoms with Gasteiger partial charge in [-0.25, -0.2) is 0 Å². The molecule has 3 aromatic carbocycles. The summed E-state index contributed by atoms with van der Waals surface area (Å²) in [6.45, 7) is 11.0. The summed E-state index contributed by atoms with van der Waals surface area (Å²) in [7, 11) is 1.67. The van der Waals surface area contributed by atoms with Gasteiger partial charge in [0.25, 0.3) is 0 Å². The molecule has 3 aromatic rings. The predicted molar refractivity (Wildman–Crippen MR) is 133 cm³/mol. The topological polar surface area (TPSA) is 41.6 Å². The van der Waals surface area contributed by atoms with Gasteiger partial charge < -0.3 is 10.1 Å². The van der Waals surface area contributed by atoms with Crippen molar-refractivity contribution in [2.75, 3.05) is 25.5 Å². The van der Waals surface area contributed by atoms with Gasteiger partial charge in [0.1, 0.15) is 5.75 Å². The summed E-state index contributed by atoms with van der Waals surface area (Å²) in [5, 5.41) is 3.57. The Kier molecular flexibility index (Phi) is 7.70. The van der Waals surface area contributed by atoms with Gasteiger partial charge in [-0.15, -0.1) is 0 Å². The van der Waals surface area contributed by atoms with E-state index < -0.39 is 0 Å². The maximum atomic E-state index is 11.7. The van der Waals surface area contributed by atoms with E-state index in [1.54, 1.807) is 14.0 Å². The molecule has 1 fully saturated rings. The third-order valence-electron chi connectivity index (χ3n) is 5.63. The number of nitrogens with one attached hydrogen (secondary N) is 1. The van der Waals surface area contributed by atoms with Crippen LogP contribution in [-0.2, 0) is 6.54 Å². The van der Waals surface area contributed by atoms with Crippen LogP contribution in [0.15, 0.2) is 72.8 Å². The molecule has 1 N–H and O–H groups in total. The molecule has 0 radical (unpaired) electrons. The number of para-hydroxylation sites is 1. The molecule has 4 heteroatoms. The van der Waals surface area contributed by atoms with Crippen LogP contribution in [0.2, 0.25) is 0 Å². The van der Waals surface area contributed by atoms with Gasteiger partial charge in [0, 0.05) is 30.9 Å². The SMILES string of the molecule is CC(=O)c1ccccc1NC1(C)CN(Cc2cccc(C)c2)C1.COc1ccc(C)cc1. The Labute approximate surface area is 192 Å². The molecule has 0 aromatic heterocycles. The molecule has 0 amide bonds. The summed E-state index contributed by atoms with van der Waals surface area (Å²) in [6.07, 6.45) is 0. The molecule has 32 heavy (non-hydrogen) atoms. The van der Waals surface area contributed by atoms with Crippen LogP contribution in [0.25, 0.3) is 0 Å². The molecule has 0 saturated carbocycles. The normalized spacial score (nSPS) is 14.5. The number of carbonyl (C=O) groups is 1. The van der Waals surface area contributed by atoms with Crippen molar-refractivity contribution in [2.45, 2.75) is 39.8 Å². The zero-order valence-corrected chi connectivity index (χ0v) is 19.8. The van der Waals surface area contributed by atoms with Gasteiger partial charge in [0.15, 0.2) is 5.78 Å². The number of aryl methyl sites for hydroxylation is 2. The zero-order valence-electron chi connectivity index (χ0n) is 19.8. The number of anilines is 1. The summed E-state index contributed by atoms with van der Waals surface area (Å²) < 4.78 is 4.97. The highest BCUT2D eigenvalue weighted by Gasteiger charge is 2.38. The summed E-state index contributed by atoms with van der Waals surface area (Å²) >= 11 is 0. The smallest absolute Gasteiger partial charge is 0.161 e. The van der Waals surface area contributed by atoms with Crippen LogP contribution in [0, 0.1) is 13.8 Å². The molecular weight excluding hydrogens is 396 g/mol. The fourth-order valence-corrected chi connectivity index (χ4v) is 4.10. The quantitative estimate of drug-likeness (QED) is 0.495. The van der Waals surface area contributed by atoms with Crippen LogP contribution >= 0.6 is 0 Å². The maximum Gasteiger partial charge on any atom is 0.161 e. The minimum absolute atomic E-state index is 0.0232. The Morgan fingerprint density at radius 2 is 1.66 bits per heavy atom. The maximum absolute atomic E-state index is 11.7. The number of likely N-dealkylation sites (tertiary alicyclic amines) is 1. The van der Waals surface area contributed by atoms with Crippen LogP contribution in [0.5, 0.6) is 5.75 Å². The second-order valence-corrected chi connectivity index (χ2v) is 8.94. The average molecular weight is 431 g/mol. The number of hydrogen-bond donors (Lipinski definition) is 1. The fourth-order valence-electron chi connectivity index (χ4n) is 4.10. The molecule has 1 saturated heterocycles. The molecule has 4 rings (SSSR count). The fraction of sp³-hybridized carbons (Fsp3) is 0.321. The molecule has 0 unspecified atom stereocenters. The van der Waals surface area contributed by atoms with Gasteiger partial charge in [0.05, 0.1) is 12.6 Å². The Morgan fingerprint density at radius 3 is 2.28 bits per heavy atom. The number of rotatable bonds is 6. The average Bonchev–Trinajstić information content (AvgIpc) is 2.74. The molecule has 1 heterocycles. The van der Waals surface area contributed by atoms with E-state index in [-0.39, 0.29) is 11.3 Å².